The van der Waals surface area contributed by atoms with Crippen molar-refractivity contribution in [2.24, 2.45) is 0 Å². The van der Waals surface area contributed by atoms with Gasteiger partial charge in [-0.25, -0.2) is 4.98 Å². The summed E-state index contributed by atoms with van der Waals surface area (Å²) < 4.78 is 1.70. The van der Waals surface area contributed by atoms with E-state index in [1.165, 1.54) is 0 Å². The summed E-state index contributed by atoms with van der Waals surface area (Å²) in [6.07, 6.45) is 5.29. The first-order chi connectivity index (χ1) is 9.72. The molecule has 108 valence electrons. The molecule has 8 nitrogen and oxygen atoms in total. The van der Waals surface area contributed by atoms with Crippen LogP contribution in [0.25, 0.3) is 5.95 Å². The van der Waals surface area contributed by atoms with E-state index in [0.717, 1.165) is 0 Å². The Balaban J connectivity index is 2.22. The van der Waals surface area contributed by atoms with E-state index in [0.29, 0.717) is 37.4 Å². The zero-order valence-electron chi connectivity index (χ0n) is 11.6. The number of hydrogen-bond acceptors (Lipinski definition) is 7. The summed E-state index contributed by atoms with van der Waals surface area (Å²) in [7, 11) is 0. The van der Waals surface area contributed by atoms with E-state index in [2.05, 4.69) is 30.6 Å². The molecule has 8 heteroatoms. The number of nitrogens with one attached hydrogen (secondary N) is 2. The number of nitrogens with zero attached hydrogens (tertiary/aromatic N) is 5. The van der Waals surface area contributed by atoms with Crippen molar-refractivity contribution < 1.29 is 5.11 Å². The maximum atomic E-state index is 9.58. The lowest BCUT2D eigenvalue weighted by Crippen LogP contribution is -2.20. The lowest BCUT2D eigenvalue weighted by Gasteiger charge is -2.11. The summed E-state index contributed by atoms with van der Waals surface area (Å²) in [4.78, 5) is 16.8. The van der Waals surface area contributed by atoms with Crippen molar-refractivity contribution in [3.8, 4) is 5.95 Å². The molecule has 2 aromatic heterocycles. The Morgan fingerprint density at radius 2 is 1.95 bits per heavy atom. The second-order valence-electron chi connectivity index (χ2n) is 4.23. The van der Waals surface area contributed by atoms with Crippen LogP contribution >= 0.6 is 0 Å². The Morgan fingerprint density at radius 1 is 1.20 bits per heavy atom. The van der Waals surface area contributed by atoms with Gasteiger partial charge < -0.3 is 15.7 Å². The predicted octanol–water partition coefficient (Wildman–Crippen LogP) is 0.672. The first-order valence-electron chi connectivity index (χ1n) is 6.63. The molecule has 0 saturated carbocycles. The molecule has 0 spiro atoms. The standard InChI is InChI=1S/C12H19N7O/c1-3-9(20)7-15-11-16-10(14-4-2)17-12(18-11)19-6-5-13-8-19/h5-6,8-9,20H,3-4,7H2,1-2H3,(H2,14,15,16,17,18). The van der Waals surface area contributed by atoms with Crippen molar-refractivity contribution in [3.05, 3.63) is 18.7 Å². The molecule has 2 aromatic rings. The number of hydrogen-bond donors (Lipinski definition) is 3. The van der Waals surface area contributed by atoms with Crippen LogP contribution in [0, 0.1) is 0 Å². The van der Waals surface area contributed by atoms with Crippen molar-refractivity contribution in [2.45, 2.75) is 26.4 Å². The van der Waals surface area contributed by atoms with E-state index < -0.39 is 6.10 Å². The van der Waals surface area contributed by atoms with E-state index in [4.69, 9.17) is 0 Å². The monoisotopic (exact) mass is 277 g/mol. The topological polar surface area (TPSA) is 101 Å². The van der Waals surface area contributed by atoms with Crippen LogP contribution in [0.5, 0.6) is 0 Å². The van der Waals surface area contributed by atoms with Gasteiger partial charge in [0, 0.05) is 25.5 Å². The van der Waals surface area contributed by atoms with Crippen LogP contribution in [0.15, 0.2) is 18.7 Å². The van der Waals surface area contributed by atoms with Gasteiger partial charge in [0.15, 0.2) is 0 Å². The van der Waals surface area contributed by atoms with Gasteiger partial charge in [-0.1, -0.05) is 6.92 Å². The van der Waals surface area contributed by atoms with E-state index in [1.807, 2.05) is 13.8 Å². The molecule has 0 fully saturated rings. The van der Waals surface area contributed by atoms with Crippen molar-refractivity contribution in [3.63, 3.8) is 0 Å². The SMILES string of the molecule is CCNc1nc(NCC(O)CC)nc(-n2ccnc2)n1. The number of aromatic nitrogens is 5. The predicted molar refractivity (Wildman–Crippen MR) is 75.9 cm³/mol. The molecule has 0 bridgehead atoms. The minimum atomic E-state index is -0.425. The first-order valence-corrected chi connectivity index (χ1v) is 6.63. The van der Waals surface area contributed by atoms with Crippen LogP contribution in [-0.4, -0.2) is 48.8 Å². The molecule has 0 radical (unpaired) electrons. The highest BCUT2D eigenvalue weighted by molar-refractivity contribution is 5.38. The van der Waals surface area contributed by atoms with Crippen molar-refractivity contribution in [1.82, 2.24) is 24.5 Å². The Hall–Kier alpha value is -2.22. The smallest absolute Gasteiger partial charge is 0.241 e. The van der Waals surface area contributed by atoms with Gasteiger partial charge >= 0.3 is 0 Å². The molecule has 3 N–H and O–H groups in total. The van der Waals surface area contributed by atoms with Crippen molar-refractivity contribution >= 4 is 11.9 Å². The van der Waals surface area contributed by atoms with Gasteiger partial charge in [0.1, 0.15) is 6.33 Å². The van der Waals surface area contributed by atoms with Gasteiger partial charge in [-0.15, -0.1) is 0 Å². The van der Waals surface area contributed by atoms with Crippen LogP contribution in [0.4, 0.5) is 11.9 Å². The fraction of sp³-hybridized carbons (Fsp3) is 0.500. The molecule has 1 unspecified atom stereocenters. The second-order valence-corrected chi connectivity index (χ2v) is 4.23. The maximum absolute atomic E-state index is 9.58. The molecule has 1 atom stereocenters. The van der Waals surface area contributed by atoms with E-state index in [-0.39, 0.29) is 0 Å². The lowest BCUT2D eigenvalue weighted by molar-refractivity contribution is 0.183. The van der Waals surface area contributed by atoms with Crippen LogP contribution < -0.4 is 10.6 Å². The average Bonchev–Trinajstić information content (AvgIpc) is 2.99. The summed E-state index contributed by atoms with van der Waals surface area (Å²) in [5.41, 5.74) is 0. The van der Waals surface area contributed by atoms with Gasteiger partial charge in [0.05, 0.1) is 6.10 Å². The van der Waals surface area contributed by atoms with Crippen molar-refractivity contribution in [2.75, 3.05) is 23.7 Å². The van der Waals surface area contributed by atoms with E-state index >= 15 is 0 Å². The summed E-state index contributed by atoms with van der Waals surface area (Å²) in [5.74, 6) is 1.38. The molecular formula is C12H19N7O. The van der Waals surface area contributed by atoms with Crippen LogP contribution in [0.3, 0.4) is 0 Å². The molecule has 0 aliphatic carbocycles. The zero-order chi connectivity index (χ0) is 14.4. The van der Waals surface area contributed by atoms with Crippen LogP contribution in [0.2, 0.25) is 0 Å². The fourth-order valence-electron chi connectivity index (χ4n) is 1.53. The third kappa shape index (κ3) is 3.64. The first kappa shape index (κ1) is 14.2. The molecule has 0 aliphatic rings. The summed E-state index contributed by atoms with van der Waals surface area (Å²) >= 11 is 0. The van der Waals surface area contributed by atoms with Gasteiger partial charge in [-0.2, -0.15) is 15.0 Å². The maximum Gasteiger partial charge on any atom is 0.241 e. The Bertz CT molecular complexity index is 529. The molecule has 0 amide bonds. The number of aliphatic hydroxyl groups is 1. The number of aliphatic hydroxyl groups excluding tert-OH is 1. The molecule has 0 aliphatic heterocycles. The summed E-state index contributed by atoms with van der Waals surface area (Å²) in [5, 5.41) is 15.6. The normalized spacial score (nSPS) is 12.2. The Labute approximate surface area is 117 Å². The van der Waals surface area contributed by atoms with Gasteiger partial charge in [-0.3, -0.25) is 4.57 Å². The largest absolute Gasteiger partial charge is 0.391 e. The number of rotatable bonds is 7. The van der Waals surface area contributed by atoms with Gasteiger partial charge in [-0.05, 0) is 13.3 Å². The third-order valence-electron chi connectivity index (χ3n) is 2.66. The average molecular weight is 277 g/mol. The highest BCUT2D eigenvalue weighted by atomic mass is 16.3. The van der Waals surface area contributed by atoms with Gasteiger partial charge in [0.2, 0.25) is 17.8 Å². The number of anilines is 2. The van der Waals surface area contributed by atoms with Crippen molar-refractivity contribution in [1.29, 1.82) is 0 Å². The minimum absolute atomic E-state index is 0.398. The highest BCUT2D eigenvalue weighted by Crippen LogP contribution is 2.09. The fourth-order valence-corrected chi connectivity index (χ4v) is 1.53. The molecular weight excluding hydrogens is 258 g/mol. The van der Waals surface area contributed by atoms with E-state index in [9.17, 15) is 5.11 Å². The molecule has 2 heterocycles. The zero-order valence-corrected chi connectivity index (χ0v) is 11.6. The molecule has 0 aromatic carbocycles. The third-order valence-corrected chi connectivity index (χ3v) is 2.66. The van der Waals surface area contributed by atoms with Gasteiger partial charge in [0.25, 0.3) is 0 Å². The molecule has 2 rings (SSSR count). The quantitative estimate of drug-likeness (QED) is 0.683. The van der Waals surface area contributed by atoms with Crippen LogP contribution in [-0.2, 0) is 0 Å². The van der Waals surface area contributed by atoms with E-state index in [1.54, 1.807) is 23.3 Å². The second kappa shape index (κ2) is 6.80. The Morgan fingerprint density at radius 3 is 2.55 bits per heavy atom. The number of imidazole rings is 1. The Kier molecular flexibility index (Phi) is 4.83. The lowest BCUT2D eigenvalue weighted by atomic mass is 10.3. The highest BCUT2D eigenvalue weighted by Gasteiger charge is 2.08. The summed E-state index contributed by atoms with van der Waals surface area (Å²) in [6.45, 7) is 5.00. The summed E-state index contributed by atoms with van der Waals surface area (Å²) in [6, 6.07) is 0. The minimum Gasteiger partial charge on any atom is -0.391 e. The molecule has 0 saturated heterocycles. The molecule has 20 heavy (non-hydrogen) atoms. The van der Waals surface area contributed by atoms with Crippen LogP contribution in [0.1, 0.15) is 20.3 Å².